The Morgan fingerprint density at radius 1 is 1.12 bits per heavy atom. The highest BCUT2D eigenvalue weighted by atomic mass is 16.2. The monoisotopic (exact) mass is 239 g/mol. The van der Waals surface area contributed by atoms with E-state index >= 15 is 0 Å². The van der Waals surface area contributed by atoms with E-state index in [0.29, 0.717) is 12.3 Å². The molecule has 1 saturated heterocycles. The lowest BCUT2D eigenvalue weighted by molar-refractivity contribution is -0.127. The van der Waals surface area contributed by atoms with Crippen molar-refractivity contribution in [3.63, 3.8) is 0 Å². The molecule has 0 aromatic carbocycles. The number of rotatable bonds is 3. The summed E-state index contributed by atoms with van der Waals surface area (Å²) in [6.07, 6.45) is 8.96. The minimum atomic E-state index is 0.161. The lowest BCUT2D eigenvalue weighted by atomic mass is 9.83. The SMILES string of the molecule is NC1CCCCC1CC(=O)NN1CCCCC1. The van der Waals surface area contributed by atoms with Crippen LogP contribution >= 0.6 is 0 Å². The number of nitrogens with two attached hydrogens (primary N) is 1. The third kappa shape index (κ3) is 3.96. The van der Waals surface area contributed by atoms with Crippen molar-refractivity contribution < 1.29 is 4.79 Å². The Balaban J connectivity index is 1.72. The van der Waals surface area contributed by atoms with Crippen molar-refractivity contribution in [1.82, 2.24) is 10.4 Å². The summed E-state index contributed by atoms with van der Waals surface area (Å²) in [6, 6.07) is 0.232. The Bertz CT molecular complexity index is 251. The summed E-state index contributed by atoms with van der Waals surface area (Å²) in [4.78, 5) is 11.9. The van der Waals surface area contributed by atoms with Crippen molar-refractivity contribution in [1.29, 1.82) is 0 Å². The van der Waals surface area contributed by atoms with Gasteiger partial charge in [-0.25, -0.2) is 5.01 Å². The van der Waals surface area contributed by atoms with Crippen molar-refractivity contribution in [2.24, 2.45) is 11.7 Å². The molecule has 4 heteroatoms. The largest absolute Gasteiger partial charge is 0.327 e. The van der Waals surface area contributed by atoms with E-state index in [1.165, 1.54) is 32.1 Å². The molecular weight excluding hydrogens is 214 g/mol. The molecule has 2 rings (SSSR count). The van der Waals surface area contributed by atoms with Gasteiger partial charge >= 0.3 is 0 Å². The summed E-state index contributed by atoms with van der Waals surface area (Å²) < 4.78 is 0. The molecule has 2 fully saturated rings. The molecule has 0 aromatic rings. The van der Waals surface area contributed by atoms with Crippen LogP contribution in [0.2, 0.25) is 0 Å². The molecule has 1 heterocycles. The van der Waals surface area contributed by atoms with Crippen LogP contribution in [0.4, 0.5) is 0 Å². The highest BCUT2D eigenvalue weighted by molar-refractivity contribution is 5.75. The molecule has 4 nitrogen and oxygen atoms in total. The van der Waals surface area contributed by atoms with Gasteiger partial charge in [0.15, 0.2) is 0 Å². The van der Waals surface area contributed by atoms with Crippen LogP contribution in [0.1, 0.15) is 51.4 Å². The van der Waals surface area contributed by atoms with Crippen LogP contribution in [-0.2, 0) is 4.79 Å². The summed E-state index contributed by atoms with van der Waals surface area (Å²) in [5.74, 6) is 0.558. The van der Waals surface area contributed by atoms with Gasteiger partial charge in [-0.2, -0.15) is 0 Å². The van der Waals surface area contributed by atoms with Crippen molar-refractivity contribution in [2.45, 2.75) is 57.4 Å². The lowest BCUT2D eigenvalue weighted by Gasteiger charge is -2.30. The standard InChI is InChI=1S/C13H25N3O/c14-12-7-3-2-6-11(12)10-13(17)15-16-8-4-1-5-9-16/h11-12H,1-10,14H2,(H,15,17). The first kappa shape index (κ1) is 12.8. The number of hydrazine groups is 1. The van der Waals surface area contributed by atoms with E-state index < -0.39 is 0 Å². The first-order valence-electron chi connectivity index (χ1n) is 7.06. The fraction of sp³-hybridized carbons (Fsp3) is 0.923. The van der Waals surface area contributed by atoms with Crippen molar-refractivity contribution >= 4 is 5.91 Å². The van der Waals surface area contributed by atoms with Gasteiger partial charge in [0, 0.05) is 25.6 Å². The molecule has 1 saturated carbocycles. The third-order valence-corrected chi connectivity index (χ3v) is 4.05. The Morgan fingerprint density at radius 2 is 1.82 bits per heavy atom. The summed E-state index contributed by atoms with van der Waals surface area (Å²) in [7, 11) is 0. The molecule has 0 spiro atoms. The molecule has 3 N–H and O–H groups in total. The maximum Gasteiger partial charge on any atom is 0.234 e. The van der Waals surface area contributed by atoms with Crippen LogP contribution < -0.4 is 11.2 Å². The number of carbonyl (C=O) groups excluding carboxylic acids is 1. The molecule has 0 aromatic heterocycles. The second-order valence-corrected chi connectivity index (χ2v) is 5.50. The maximum absolute atomic E-state index is 11.9. The van der Waals surface area contributed by atoms with Gasteiger partial charge in [0.05, 0.1) is 0 Å². The van der Waals surface area contributed by atoms with Crippen LogP contribution in [0.3, 0.4) is 0 Å². The average molecular weight is 239 g/mol. The minimum Gasteiger partial charge on any atom is -0.327 e. The fourth-order valence-corrected chi connectivity index (χ4v) is 2.96. The Kier molecular flexibility index (Phi) is 4.80. The van der Waals surface area contributed by atoms with E-state index in [4.69, 9.17) is 5.73 Å². The van der Waals surface area contributed by atoms with Crippen LogP contribution in [0.25, 0.3) is 0 Å². The van der Waals surface area contributed by atoms with Gasteiger partial charge in [-0.1, -0.05) is 19.3 Å². The first-order chi connectivity index (χ1) is 8.25. The third-order valence-electron chi connectivity index (χ3n) is 4.05. The summed E-state index contributed by atoms with van der Waals surface area (Å²) in [5, 5.41) is 2.07. The number of hydrogen-bond acceptors (Lipinski definition) is 3. The van der Waals surface area contributed by atoms with Gasteiger partial charge in [0.1, 0.15) is 0 Å². The number of carbonyl (C=O) groups is 1. The molecular formula is C13H25N3O. The van der Waals surface area contributed by atoms with Crippen LogP contribution in [0.5, 0.6) is 0 Å². The zero-order chi connectivity index (χ0) is 12.1. The molecule has 0 bridgehead atoms. The van der Waals surface area contributed by atoms with Crippen molar-refractivity contribution in [3.8, 4) is 0 Å². The second-order valence-electron chi connectivity index (χ2n) is 5.50. The topological polar surface area (TPSA) is 58.4 Å². The zero-order valence-electron chi connectivity index (χ0n) is 10.7. The highest BCUT2D eigenvalue weighted by Gasteiger charge is 2.24. The normalized spacial score (nSPS) is 31.1. The van der Waals surface area contributed by atoms with E-state index in [0.717, 1.165) is 25.9 Å². The van der Waals surface area contributed by atoms with E-state index in [1.807, 2.05) is 0 Å². The lowest BCUT2D eigenvalue weighted by Crippen LogP contribution is -2.46. The molecule has 17 heavy (non-hydrogen) atoms. The van der Waals surface area contributed by atoms with Crippen LogP contribution in [0.15, 0.2) is 0 Å². The Morgan fingerprint density at radius 3 is 2.53 bits per heavy atom. The highest BCUT2D eigenvalue weighted by Crippen LogP contribution is 2.25. The number of piperidine rings is 1. The van der Waals surface area contributed by atoms with Crippen LogP contribution in [-0.4, -0.2) is 30.0 Å². The summed E-state index contributed by atoms with van der Waals surface area (Å²) >= 11 is 0. The molecule has 1 amide bonds. The smallest absolute Gasteiger partial charge is 0.234 e. The van der Waals surface area contributed by atoms with Gasteiger partial charge in [0.2, 0.25) is 5.91 Å². The number of nitrogens with one attached hydrogen (secondary N) is 1. The minimum absolute atomic E-state index is 0.161. The number of hydrogen-bond donors (Lipinski definition) is 2. The average Bonchev–Trinajstić information content (AvgIpc) is 2.33. The second kappa shape index (κ2) is 6.36. The van der Waals surface area contributed by atoms with Crippen molar-refractivity contribution in [2.75, 3.05) is 13.1 Å². The van der Waals surface area contributed by atoms with E-state index in [-0.39, 0.29) is 11.9 Å². The van der Waals surface area contributed by atoms with E-state index in [9.17, 15) is 4.79 Å². The van der Waals surface area contributed by atoms with Gasteiger partial charge in [-0.05, 0) is 31.6 Å². The molecule has 0 radical (unpaired) electrons. The maximum atomic E-state index is 11.9. The van der Waals surface area contributed by atoms with E-state index in [2.05, 4.69) is 10.4 Å². The van der Waals surface area contributed by atoms with Gasteiger partial charge in [-0.15, -0.1) is 0 Å². The predicted octanol–water partition coefficient (Wildman–Crippen LogP) is 1.41. The fourth-order valence-electron chi connectivity index (χ4n) is 2.96. The quantitative estimate of drug-likeness (QED) is 0.783. The molecule has 1 aliphatic heterocycles. The molecule has 2 unspecified atom stereocenters. The van der Waals surface area contributed by atoms with E-state index in [1.54, 1.807) is 0 Å². The summed E-state index contributed by atoms with van der Waals surface area (Å²) in [6.45, 7) is 2.00. The van der Waals surface area contributed by atoms with Gasteiger partial charge in [0.25, 0.3) is 0 Å². The molecule has 98 valence electrons. The van der Waals surface area contributed by atoms with Crippen molar-refractivity contribution in [3.05, 3.63) is 0 Å². The number of amides is 1. The predicted molar refractivity (Wildman–Crippen MR) is 68.1 cm³/mol. The Labute approximate surface area is 104 Å². The molecule has 2 atom stereocenters. The van der Waals surface area contributed by atoms with Crippen LogP contribution in [0, 0.1) is 5.92 Å². The van der Waals surface area contributed by atoms with Gasteiger partial charge in [-0.3, -0.25) is 10.2 Å². The zero-order valence-corrected chi connectivity index (χ0v) is 10.7. The van der Waals surface area contributed by atoms with Gasteiger partial charge < -0.3 is 5.73 Å². The Hall–Kier alpha value is -0.610. The summed E-state index contributed by atoms with van der Waals surface area (Å²) in [5.41, 5.74) is 9.09. The number of nitrogens with zero attached hydrogens (tertiary/aromatic N) is 1. The molecule has 1 aliphatic carbocycles. The first-order valence-corrected chi connectivity index (χ1v) is 7.06. The molecule has 2 aliphatic rings.